The van der Waals surface area contributed by atoms with Crippen LogP contribution in [0.1, 0.15) is 27.2 Å². The standard InChI is InChI=1S/C11H21N5O2/c1-4-6-18-11-15-9(12)14-10(16-11)13-7-8(3)17-5-2/h8H,4-7H2,1-3H3,(H3,12,13,14,15,16). The van der Waals surface area contributed by atoms with Crippen LogP contribution in [0.15, 0.2) is 0 Å². The van der Waals surface area contributed by atoms with Crippen LogP contribution < -0.4 is 15.8 Å². The molecule has 0 aromatic carbocycles. The largest absolute Gasteiger partial charge is 0.463 e. The molecule has 1 rings (SSSR count). The van der Waals surface area contributed by atoms with E-state index in [0.29, 0.717) is 25.7 Å². The highest BCUT2D eigenvalue weighted by atomic mass is 16.5. The van der Waals surface area contributed by atoms with Gasteiger partial charge in [0.2, 0.25) is 11.9 Å². The van der Waals surface area contributed by atoms with E-state index >= 15 is 0 Å². The quantitative estimate of drug-likeness (QED) is 0.717. The molecule has 7 heteroatoms. The summed E-state index contributed by atoms with van der Waals surface area (Å²) >= 11 is 0. The Labute approximate surface area is 107 Å². The summed E-state index contributed by atoms with van der Waals surface area (Å²) in [5.41, 5.74) is 5.58. The number of nitrogens with one attached hydrogen (secondary N) is 1. The molecule has 1 heterocycles. The molecule has 1 atom stereocenters. The van der Waals surface area contributed by atoms with Gasteiger partial charge in [-0.05, 0) is 20.3 Å². The first-order valence-electron chi connectivity index (χ1n) is 6.15. The minimum Gasteiger partial charge on any atom is -0.463 e. The number of nitrogens with two attached hydrogens (primary N) is 1. The monoisotopic (exact) mass is 255 g/mol. The smallest absolute Gasteiger partial charge is 0.323 e. The van der Waals surface area contributed by atoms with E-state index in [0.717, 1.165) is 6.42 Å². The molecule has 0 fully saturated rings. The van der Waals surface area contributed by atoms with Gasteiger partial charge in [0.1, 0.15) is 0 Å². The van der Waals surface area contributed by atoms with Crippen LogP contribution in [0.3, 0.4) is 0 Å². The van der Waals surface area contributed by atoms with Gasteiger partial charge < -0.3 is 20.5 Å². The van der Waals surface area contributed by atoms with E-state index in [9.17, 15) is 0 Å². The van der Waals surface area contributed by atoms with Crippen molar-refractivity contribution >= 4 is 11.9 Å². The third-order valence-electron chi connectivity index (χ3n) is 2.07. The molecule has 1 unspecified atom stereocenters. The van der Waals surface area contributed by atoms with Crippen molar-refractivity contribution in [2.24, 2.45) is 0 Å². The summed E-state index contributed by atoms with van der Waals surface area (Å²) in [5.74, 6) is 0.544. The van der Waals surface area contributed by atoms with Crippen LogP contribution in [0.5, 0.6) is 6.01 Å². The summed E-state index contributed by atoms with van der Waals surface area (Å²) in [6, 6.07) is 0.246. The maximum Gasteiger partial charge on any atom is 0.323 e. The minimum absolute atomic E-state index is 0.0769. The number of anilines is 2. The summed E-state index contributed by atoms with van der Waals surface area (Å²) in [5, 5.41) is 3.04. The predicted octanol–water partition coefficient (Wildman–Crippen LogP) is 1.08. The molecule has 3 N–H and O–H groups in total. The Balaban J connectivity index is 2.56. The van der Waals surface area contributed by atoms with Gasteiger partial charge in [0.25, 0.3) is 0 Å². The fourth-order valence-electron chi connectivity index (χ4n) is 1.29. The molecule has 18 heavy (non-hydrogen) atoms. The molecule has 1 aromatic heterocycles. The summed E-state index contributed by atoms with van der Waals surface area (Å²) in [7, 11) is 0. The van der Waals surface area contributed by atoms with E-state index in [1.807, 2.05) is 20.8 Å². The zero-order valence-corrected chi connectivity index (χ0v) is 11.1. The lowest BCUT2D eigenvalue weighted by atomic mass is 10.4. The van der Waals surface area contributed by atoms with Gasteiger partial charge in [0.05, 0.1) is 12.7 Å². The molecule has 0 saturated heterocycles. The first kappa shape index (κ1) is 14.4. The van der Waals surface area contributed by atoms with Crippen LogP contribution >= 0.6 is 0 Å². The second kappa shape index (κ2) is 7.65. The number of nitrogens with zero attached hydrogens (tertiary/aromatic N) is 3. The molecule has 102 valence electrons. The molecule has 0 spiro atoms. The van der Waals surface area contributed by atoms with Crippen molar-refractivity contribution in [3.05, 3.63) is 0 Å². The van der Waals surface area contributed by atoms with Crippen LogP contribution in [-0.4, -0.2) is 40.8 Å². The van der Waals surface area contributed by atoms with Crippen LogP contribution in [0, 0.1) is 0 Å². The van der Waals surface area contributed by atoms with Crippen molar-refractivity contribution in [3.8, 4) is 6.01 Å². The van der Waals surface area contributed by atoms with Crippen molar-refractivity contribution in [2.45, 2.75) is 33.3 Å². The molecule has 0 aliphatic carbocycles. The van der Waals surface area contributed by atoms with E-state index in [-0.39, 0.29) is 18.1 Å². The number of aromatic nitrogens is 3. The molecular weight excluding hydrogens is 234 g/mol. The van der Waals surface area contributed by atoms with Gasteiger partial charge >= 0.3 is 6.01 Å². The molecule has 7 nitrogen and oxygen atoms in total. The van der Waals surface area contributed by atoms with Crippen molar-refractivity contribution in [2.75, 3.05) is 30.8 Å². The topological polar surface area (TPSA) is 95.2 Å². The van der Waals surface area contributed by atoms with Crippen LogP contribution in [-0.2, 0) is 4.74 Å². The average molecular weight is 255 g/mol. The summed E-state index contributed by atoms with van der Waals surface area (Å²) in [6.07, 6.45) is 0.961. The van der Waals surface area contributed by atoms with Gasteiger partial charge in [0, 0.05) is 13.2 Å². The molecule has 1 aromatic rings. The van der Waals surface area contributed by atoms with Gasteiger partial charge in [-0.2, -0.15) is 15.0 Å². The van der Waals surface area contributed by atoms with Crippen molar-refractivity contribution < 1.29 is 9.47 Å². The second-order valence-corrected chi connectivity index (χ2v) is 3.80. The summed E-state index contributed by atoms with van der Waals surface area (Å²) in [6.45, 7) is 7.76. The number of hydrogen-bond donors (Lipinski definition) is 2. The molecule has 0 bridgehead atoms. The third kappa shape index (κ3) is 5.13. The Hall–Kier alpha value is -1.63. The van der Waals surface area contributed by atoms with Gasteiger partial charge in [-0.15, -0.1) is 0 Å². The zero-order chi connectivity index (χ0) is 13.4. The fraction of sp³-hybridized carbons (Fsp3) is 0.727. The lowest BCUT2D eigenvalue weighted by molar-refractivity contribution is 0.0854. The highest BCUT2D eigenvalue weighted by molar-refractivity contribution is 5.32. The average Bonchev–Trinajstić information content (AvgIpc) is 2.34. The Bertz CT molecular complexity index is 361. The first-order chi connectivity index (χ1) is 8.65. The Morgan fingerprint density at radius 1 is 1.28 bits per heavy atom. The van der Waals surface area contributed by atoms with Gasteiger partial charge in [-0.1, -0.05) is 6.92 Å². The van der Waals surface area contributed by atoms with Crippen LogP contribution in [0.25, 0.3) is 0 Å². The number of ether oxygens (including phenoxy) is 2. The molecule has 0 aliphatic heterocycles. The second-order valence-electron chi connectivity index (χ2n) is 3.80. The van der Waals surface area contributed by atoms with E-state index < -0.39 is 0 Å². The number of hydrogen-bond acceptors (Lipinski definition) is 7. The highest BCUT2D eigenvalue weighted by Gasteiger charge is 2.07. The number of rotatable bonds is 8. The Morgan fingerprint density at radius 2 is 2.06 bits per heavy atom. The Morgan fingerprint density at radius 3 is 2.72 bits per heavy atom. The lowest BCUT2D eigenvalue weighted by Crippen LogP contribution is -2.21. The molecular formula is C11H21N5O2. The van der Waals surface area contributed by atoms with E-state index in [4.69, 9.17) is 15.2 Å². The van der Waals surface area contributed by atoms with Crippen molar-refractivity contribution in [1.29, 1.82) is 0 Å². The zero-order valence-electron chi connectivity index (χ0n) is 11.1. The molecule has 0 aliphatic rings. The molecule has 0 radical (unpaired) electrons. The van der Waals surface area contributed by atoms with E-state index in [1.165, 1.54) is 0 Å². The highest BCUT2D eigenvalue weighted by Crippen LogP contribution is 2.09. The van der Waals surface area contributed by atoms with Gasteiger partial charge in [0.15, 0.2) is 0 Å². The summed E-state index contributed by atoms with van der Waals surface area (Å²) < 4.78 is 10.7. The Kier molecular flexibility index (Phi) is 6.13. The van der Waals surface area contributed by atoms with E-state index in [1.54, 1.807) is 0 Å². The van der Waals surface area contributed by atoms with Crippen molar-refractivity contribution in [1.82, 2.24) is 15.0 Å². The van der Waals surface area contributed by atoms with Gasteiger partial charge in [-0.3, -0.25) is 0 Å². The van der Waals surface area contributed by atoms with Gasteiger partial charge in [-0.25, -0.2) is 0 Å². The van der Waals surface area contributed by atoms with Crippen molar-refractivity contribution in [3.63, 3.8) is 0 Å². The van der Waals surface area contributed by atoms with Crippen LogP contribution in [0.2, 0.25) is 0 Å². The minimum atomic E-state index is 0.0769. The maximum absolute atomic E-state index is 5.58. The van der Waals surface area contributed by atoms with E-state index in [2.05, 4.69) is 20.3 Å². The molecule has 0 saturated carbocycles. The first-order valence-corrected chi connectivity index (χ1v) is 6.15. The number of nitrogen functional groups attached to an aromatic ring is 1. The third-order valence-corrected chi connectivity index (χ3v) is 2.07. The predicted molar refractivity (Wildman–Crippen MR) is 69.6 cm³/mol. The maximum atomic E-state index is 5.58. The summed E-state index contributed by atoms with van der Waals surface area (Å²) in [4.78, 5) is 12.0. The lowest BCUT2D eigenvalue weighted by Gasteiger charge is -2.12. The fourth-order valence-corrected chi connectivity index (χ4v) is 1.29. The normalized spacial score (nSPS) is 12.2. The van der Waals surface area contributed by atoms with Crippen LogP contribution in [0.4, 0.5) is 11.9 Å². The SMILES string of the molecule is CCCOc1nc(N)nc(NCC(C)OCC)n1. The molecule has 0 amide bonds.